The average Bonchev–Trinajstić information content (AvgIpc) is 3.18. The molecule has 2 heterocycles. The fourth-order valence-corrected chi connectivity index (χ4v) is 2.61. The van der Waals surface area contributed by atoms with E-state index in [0.29, 0.717) is 11.4 Å². The summed E-state index contributed by atoms with van der Waals surface area (Å²) in [6, 6.07) is 11.7. The second-order valence-electron chi connectivity index (χ2n) is 5.57. The van der Waals surface area contributed by atoms with E-state index < -0.39 is 4.92 Å². The molecule has 0 saturated heterocycles. The Bertz CT molecular complexity index is 982. The lowest BCUT2D eigenvalue weighted by atomic mass is 10.2. The Morgan fingerprint density at radius 2 is 2.04 bits per heavy atom. The highest BCUT2D eigenvalue weighted by atomic mass is 16.6. The fourth-order valence-electron chi connectivity index (χ4n) is 2.61. The van der Waals surface area contributed by atoms with Crippen molar-refractivity contribution >= 4 is 17.5 Å². The number of rotatable bonds is 5. The Morgan fingerprint density at radius 3 is 2.72 bits per heavy atom. The number of carbonyl (C=O) groups excluding carboxylic acids is 1. The van der Waals surface area contributed by atoms with E-state index in [-0.39, 0.29) is 11.5 Å². The smallest absolute Gasteiger partial charge is 0.271 e. The van der Waals surface area contributed by atoms with Gasteiger partial charge in [-0.15, -0.1) is 0 Å². The molecule has 0 aliphatic heterocycles. The third kappa shape index (κ3) is 3.40. The zero-order chi connectivity index (χ0) is 18.0. The lowest BCUT2D eigenvalue weighted by Gasteiger charge is -2.06. The van der Waals surface area contributed by atoms with E-state index in [2.05, 4.69) is 5.10 Å². The van der Waals surface area contributed by atoms with Crippen LogP contribution >= 0.6 is 0 Å². The number of aryl methyl sites for hydroxylation is 2. The van der Waals surface area contributed by atoms with Crippen LogP contribution in [0.25, 0.3) is 11.8 Å². The molecule has 0 saturated carbocycles. The second-order valence-corrected chi connectivity index (χ2v) is 5.57. The largest absolute Gasteiger partial charge is 0.317 e. The summed E-state index contributed by atoms with van der Waals surface area (Å²) in [6.45, 7) is 1.83. The maximum absolute atomic E-state index is 12.3. The summed E-state index contributed by atoms with van der Waals surface area (Å²) in [5, 5.41) is 15.1. The standard InChI is InChI=1S/C18H16N4O3/c1-13-11-17(20(2)19-13)18(23)9-8-14-7-4-10-21(14)15-5-3-6-16(12-15)22(24)25/h3-12H,1-2H3/b9-8+. The summed E-state index contributed by atoms with van der Waals surface area (Å²) < 4.78 is 3.33. The quantitative estimate of drug-likeness (QED) is 0.310. The maximum Gasteiger partial charge on any atom is 0.271 e. The van der Waals surface area contributed by atoms with E-state index in [9.17, 15) is 14.9 Å². The number of nitrogens with zero attached hydrogens (tertiary/aromatic N) is 4. The van der Waals surface area contributed by atoms with Crippen molar-refractivity contribution in [1.29, 1.82) is 0 Å². The van der Waals surface area contributed by atoms with Crippen molar-refractivity contribution in [3.63, 3.8) is 0 Å². The summed E-state index contributed by atoms with van der Waals surface area (Å²) in [6.07, 6.45) is 4.95. The molecule has 2 aromatic heterocycles. The van der Waals surface area contributed by atoms with Gasteiger partial charge < -0.3 is 4.57 Å². The number of ketones is 1. The molecule has 0 amide bonds. The maximum atomic E-state index is 12.3. The van der Waals surface area contributed by atoms with Crippen LogP contribution in [0, 0.1) is 17.0 Å². The van der Waals surface area contributed by atoms with Gasteiger partial charge in [0, 0.05) is 31.1 Å². The summed E-state index contributed by atoms with van der Waals surface area (Å²) in [5.41, 5.74) is 2.69. The van der Waals surface area contributed by atoms with Crippen LogP contribution in [-0.4, -0.2) is 25.1 Å². The van der Waals surface area contributed by atoms with Crippen molar-refractivity contribution in [2.75, 3.05) is 0 Å². The first-order chi connectivity index (χ1) is 12.0. The number of nitro groups is 1. The molecule has 0 N–H and O–H groups in total. The topological polar surface area (TPSA) is 83.0 Å². The monoisotopic (exact) mass is 336 g/mol. The third-order valence-electron chi connectivity index (χ3n) is 3.76. The molecule has 0 radical (unpaired) electrons. The van der Waals surface area contributed by atoms with Crippen molar-refractivity contribution in [3.05, 3.63) is 81.9 Å². The molecule has 3 rings (SSSR count). The van der Waals surface area contributed by atoms with Crippen LogP contribution in [0.1, 0.15) is 21.9 Å². The number of aromatic nitrogens is 3. The minimum Gasteiger partial charge on any atom is -0.317 e. The Kier molecular flexibility index (Phi) is 4.30. The molecule has 1 aromatic carbocycles. The van der Waals surface area contributed by atoms with Gasteiger partial charge >= 0.3 is 0 Å². The highest BCUT2D eigenvalue weighted by Gasteiger charge is 2.10. The van der Waals surface area contributed by atoms with Crippen LogP contribution < -0.4 is 0 Å². The van der Waals surface area contributed by atoms with Gasteiger partial charge in [-0.1, -0.05) is 6.07 Å². The number of nitro benzene ring substituents is 1. The molecule has 0 atom stereocenters. The molecule has 0 bridgehead atoms. The van der Waals surface area contributed by atoms with Crippen LogP contribution in [0.4, 0.5) is 5.69 Å². The number of carbonyl (C=O) groups is 1. The van der Waals surface area contributed by atoms with E-state index in [1.165, 1.54) is 18.2 Å². The van der Waals surface area contributed by atoms with Gasteiger partial charge in [0.05, 0.1) is 16.3 Å². The molecule has 7 nitrogen and oxygen atoms in total. The Labute approximate surface area is 144 Å². The molecule has 3 aromatic rings. The fraction of sp³-hybridized carbons (Fsp3) is 0.111. The second kappa shape index (κ2) is 6.56. The zero-order valence-electron chi connectivity index (χ0n) is 13.8. The van der Waals surface area contributed by atoms with E-state index >= 15 is 0 Å². The van der Waals surface area contributed by atoms with E-state index in [1.54, 1.807) is 46.8 Å². The van der Waals surface area contributed by atoms with Crippen molar-refractivity contribution in [2.24, 2.45) is 7.05 Å². The third-order valence-corrected chi connectivity index (χ3v) is 3.76. The molecule has 25 heavy (non-hydrogen) atoms. The van der Waals surface area contributed by atoms with Crippen molar-refractivity contribution < 1.29 is 9.72 Å². The highest BCUT2D eigenvalue weighted by molar-refractivity contribution is 6.05. The van der Waals surface area contributed by atoms with Crippen LogP contribution in [0.15, 0.2) is 54.7 Å². The van der Waals surface area contributed by atoms with Gasteiger partial charge in [0.15, 0.2) is 0 Å². The Balaban J connectivity index is 1.89. The molecule has 7 heteroatoms. The zero-order valence-corrected chi connectivity index (χ0v) is 13.8. The molecule has 0 spiro atoms. The normalized spacial score (nSPS) is 11.1. The Morgan fingerprint density at radius 1 is 1.24 bits per heavy atom. The SMILES string of the molecule is Cc1cc(C(=O)/C=C/c2cccn2-c2cccc([N+](=O)[O-])c2)n(C)n1. The summed E-state index contributed by atoms with van der Waals surface area (Å²) in [5.74, 6) is -0.158. The average molecular weight is 336 g/mol. The molecular formula is C18H16N4O3. The van der Waals surface area contributed by atoms with Crippen molar-refractivity contribution in [1.82, 2.24) is 14.3 Å². The van der Waals surface area contributed by atoms with E-state index in [4.69, 9.17) is 0 Å². The van der Waals surface area contributed by atoms with Gasteiger partial charge in [-0.05, 0) is 43.3 Å². The van der Waals surface area contributed by atoms with E-state index in [0.717, 1.165) is 11.4 Å². The minimum atomic E-state index is -0.434. The van der Waals surface area contributed by atoms with Gasteiger partial charge in [0.1, 0.15) is 5.69 Å². The van der Waals surface area contributed by atoms with Gasteiger partial charge in [-0.3, -0.25) is 19.6 Å². The van der Waals surface area contributed by atoms with Crippen LogP contribution in [-0.2, 0) is 7.05 Å². The molecule has 0 aliphatic rings. The first-order valence-electron chi connectivity index (χ1n) is 7.61. The predicted octanol–water partition coefficient (Wildman–Crippen LogP) is 3.32. The minimum absolute atomic E-state index is 0.0163. The molecule has 0 fully saturated rings. The lowest BCUT2D eigenvalue weighted by Crippen LogP contribution is -2.04. The Hall–Kier alpha value is -3.48. The van der Waals surface area contributed by atoms with Crippen LogP contribution in [0.3, 0.4) is 0 Å². The number of hydrogen-bond donors (Lipinski definition) is 0. The number of hydrogen-bond acceptors (Lipinski definition) is 4. The van der Waals surface area contributed by atoms with Crippen LogP contribution in [0.2, 0.25) is 0 Å². The van der Waals surface area contributed by atoms with E-state index in [1.807, 2.05) is 19.1 Å². The molecular weight excluding hydrogens is 320 g/mol. The van der Waals surface area contributed by atoms with Gasteiger partial charge in [-0.2, -0.15) is 5.10 Å². The first-order valence-corrected chi connectivity index (χ1v) is 7.61. The summed E-state index contributed by atoms with van der Waals surface area (Å²) in [4.78, 5) is 22.8. The highest BCUT2D eigenvalue weighted by Crippen LogP contribution is 2.19. The predicted molar refractivity (Wildman–Crippen MR) is 93.7 cm³/mol. The van der Waals surface area contributed by atoms with Gasteiger partial charge in [-0.25, -0.2) is 0 Å². The van der Waals surface area contributed by atoms with Gasteiger partial charge in [0.2, 0.25) is 5.78 Å². The molecule has 126 valence electrons. The number of benzene rings is 1. The first kappa shape index (κ1) is 16.4. The van der Waals surface area contributed by atoms with Crippen molar-refractivity contribution in [2.45, 2.75) is 6.92 Å². The molecule has 0 unspecified atom stereocenters. The van der Waals surface area contributed by atoms with Gasteiger partial charge in [0.25, 0.3) is 5.69 Å². The van der Waals surface area contributed by atoms with Crippen LogP contribution in [0.5, 0.6) is 0 Å². The summed E-state index contributed by atoms with van der Waals surface area (Å²) >= 11 is 0. The number of non-ortho nitro benzene ring substituents is 1. The van der Waals surface area contributed by atoms with Crippen molar-refractivity contribution in [3.8, 4) is 5.69 Å². The lowest BCUT2D eigenvalue weighted by molar-refractivity contribution is -0.384. The number of allylic oxidation sites excluding steroid dienone is 1. The summed E-state index contributed by atoms with van der Waals surface area (Å²) in [7, 11) is 1.72. The molecule has 0 aliphatic carbocycles.